The number of carbonyl (C=O) groups excluding carboxylic acids is 2. The SMILES string of the molecule is O=C(CNc1cccc(NC(=O)c2ccccc2)c1)Nc1cccc(OCCOc2ccccc2)c1. The Kier molecular flexibility index (Phi) is 8.53. The van der Waals surface area contributed by atoms with Crippen molar-refractivity contribution in [1.29, 1.82) is 0 Å². The van der Waals surface area contributed by atoms with Gasteiger partial charge < -0.3 is 25.4 Å². The molecule has 2 amide bonds. The fraction of sp³-hybridized carbons (Fsp3) is 0.103. The molecule has 7 heteroatoms. The fourth-order valence-corrected chi connectivity index (χ4v) is 3.39. The van der Waals surface area contributed by atoms with Gasteiger partial charge in [-0.25, -0.2) is 0 Å². The first-order valence-electron chi connectivity index (χ1n) is 11.6. The molecule has 0 aliphatic rings. The van der Waals surface area contributed by atoms with Crippen molar-refractivity contribution in [3.63, 3.8) is 0 Å². The van der Waals surface area contributed by atoms with Gasteiger partial charge in [0.25, 0.3) is 5.91 Å². The first kappa shape index (κ1) is 24.3. The summed E-state index contributed by atoms with van der Waals surface area (Å²) in [7, 11) is 0. The molecule has 0 aromatic heterocycles. The van der Waals surface area contributed by atoms with Crippen molar-refractivity contribution in [2.24, 2.45) is 0 Å². The summed E-state index contributed by atoms with van der Waals surface area (Å²) in [5.74, 6) is 1.02. The van der Waals surface area contributed by atoms with Gasteiger partial charge in [-0.1, -0.05) is 48.5 Å². The standard InChI is InChI=1S/C29H27N3O4/c33-28(21-30-23-11-7-12-24(19-23)32-29(34)22-9-3-1-4-10-22)31-25-13-8-16-27(20-25)36-18-17-35-26-14-5-2-6-15-26/h1-16,19-20,30H,17-18,21H2,(H,31,33)(H,32,34). The molecule has 0 aliphatic heterocycles. The van der Waals surface area contributed by atoms with Gasteiger partial charge in [-0.05, 0) is 54.6 Å². The summed E-state index contributed by atoms with van der Waals surface area (Å²) in [5, 5.41) is 8.79. The third-order valence-electron chi connectivity index (χ3n) is 5.09. The van der Waals surface area contributed by atoms with E-state index in [4.69, 9.17) is 9.47 Å². The second kappa shape index (κ2) is 12.6. The molecule has 0 saturated carbocycles. The zero-order valence-corrected chi connectivity index (χ0v) is 19.6. The smallest absolute Gasteiger partial charge is 0.255 e. The Hall–Kier alpha value is -4.78. The molecule has 0 aliphatic carbocycles. The molecular formula is C29H27N3O4. The highest BCUT2D eigenvalue weighted by atomic mass is 16.5. The Morgan fingerprint density at radius 3 is 1.92 bits per heavy atom. The van der Waals surface area contributed by atoms with E-state index >= 15 is 0 Å². The molecule has 0 saturated heterocycles. The molecule has 4 aromatic rings. The lowest BCUT2D eigenvalue weighted by atomic mass is 10.2. The van der Waals surface area contributed by atoms with Crippen LogP contribution in [0, 0.1) is 0 Å². The van der Waals surface area contributed by atoms with Gasteiger partial charge in [0.05, 0.1) is 6.54 Å². The summed E-state index contributed by atoms with van der Waals surface area (Å²) < 4.78 is 11.4. The highest BCUT2D eigenvalue weighted by molar-refractivity contribution is 6.04. The molecule has 182 valence electrons. The lowest BCUT2D eigenvalue weighted by Gasteiger charge is -2.12. The van der Waals surface area contributed by atoms with E-state index in [1.807, 2.05) is 72.8 Å². The maximum Gasteiger partial charge on any atom is 0.255 e. The molecule has 4 aromatic carbocycles. The molecule has 3 N–H and O–H groups in total. The number of ether oxygens (including phenoxy) is 2. The summed E-state index contributed by atoms with van der Waals surface area (Å²) >= 11 is 0. The molecule has 0 unspecified atom stereocenters. The minimum Gasteiger partial charge on any atom is -0.490 e. The number of para-hydroxylation sites is 1. The van der Waals surface area contributed by atoms with E-state index in [9.17, 15) is 9.59 Å². The average molecular weight is 482 g/mol. The third kappa shape index (κ3) is 7.63. The number of anilines is 3. The van der Waals surface area contributed by atoms with Crippen LogP contribution in [0.1, 0.15) is 10.4 Å². The van der Waals surface area contributed by atoms with E-state index in [1.165, 1.54) is 0 Å². The first-order valence-corrected chi connectivity index (χ1v) is 11.6. The molecule has 36 heavy (non-hydrogen) atoms. The molecule has 0 bridgehead atoms. The fourth-order valence-electron chi connectivity index (χ4n) is 3.39. The molecule has 4 rings (SSSR count). The van der Waals surface area contributed by atoms with Gasteiger partial charge in [-0.15, -0.1) is 0 Å². The Morgan fingerprint density at radius 1 is 0.583 bits per heavy atom. The van der Waals surface area contributed by atoms with Crippen LogP contribution in [0.4, 0.5) is 17.1 Å². The van der Waals surface area contributed by atoms with E-state index in [0.29, 0.717) is 41.6 Å². The van der Waals surface area contributed by atoms with Gasteiger partial charge in [0, 0.05) is 28.7 Å². The van der Waals surface area contributed by atoms with Gasteiger partial charge in [0.2, 0.25) is 5.91 Å². The van der Waals surface area contributed by atoms with Gasteiger partial charge in [0.1, 0.15) is 24.7 Å². The van der Waals surface area contributed by atoms with Crippen molar-refractivity contribution in [2.45, 2.75) is 0 Å². The maximum absolute atomic E-state index is 12.5. The third-order valence-corrected chi connectivity index (χ3v) is 5.09. The number of nitrogens with one attached hydrogen (secondary N) is 3. The highest BCUT2D eigenvalue weighted by Crippen LogP contribution is 2.19. The zero-order valence-electron chi connectivity index (χ0n) is 19.6. The van der Waals surface area contributed by atoms with Crippen molar-refractivity contribution in [1.82, 2.24) is 0 Å². The minimum absolute atomic E-state index is 0.0616. The quantitative estimate of drug-likeness (QED) is 0.248. The van der Waals surface area contributed by atoms with Crippen LogP contribution >= 0.6 is 0 Å². The van der Waals surface area contributed by atoms with E-state index in [-0.39, 0.29) is 18.4 Å². The maximum atomic E-state index is 12.5. The molecule has 0 spiro atoms. The van der Waals surface area contributed by atoms with Crippen molar-refractivity contribution >= 4 is 28.9 Å². The van der Waals surface area contributed by atoms with Gasteiger partial charge in [0.15, 0.2) is 0 Å². The van der Waals surface area contributed by atoms with Crippen LogP contribution in [0.5, 0.6) is 11.5 Å². The Morgan fingerprint density at radius 2 is 1.17 bits per heavy atom. The molecule has 0 fully saturated rings. The van der Waals surface area contributed by atoms with Gasteiger partial charge >= 0.3 is 0 Å². The van der Waals surface area contributed by atoms with Gasteiger partial charge in [-0.2, -0.15) is 0 Å². The van der Waals surface area contributed by atoms with Crippen LogP contribution < -0.4 is 25.4 Å². The highest BCUT2D eigenvalue weighted by Gasteiger charge is 2.07. The van der Waals surface area contributed by atoms with E-state index in [2.05, 4.69) is 16.0 Å². The molecule has 0 atom stereocenters. The van der Waals surface area contributed by atoms with Crippen LogP contribution in [-0.4, -0.2) is 31.6 Å². The van der Waals surface area contributed by atoms with Crippen molar-refractivity contribution in [3.05, 3.63) is 115 Å². The summed E-state index contributed by atoms with van der Waals surface area (Å²) in [6.45, 7) is 0.854. The molecule has 0 radical (unpaired) electrons. The summed E-state index contributed by atoms with van der Waals surface area (Å²) in [4.78, 5) is 24.8. The number of rotatable bonds is 11. The van der Waals surface area contributed by atoms with E-state index in [0.717, 1.165) is 5.75 Å². The Labute approximate surface area is 210 Å². The van der Waals surface area contributed by atoms with Crippen LogP contribution in [0.25, 0.3) is 0 Å². The molecule has 0 heterocycles. The van der Waals surface area contributed by atoms with Crippen molar-refractivity contribution in [3.8, 4) is 11.5 Å². The predicted molar refractivity (Wildman–Crippen MR) is 142 cm³/mol. The average Bonchev–Trinajstić information content (AvgIpc) is 2.91. The normalized spacial score (nSPS) is 10.2. The second-order valence-corrected chi connectivity index (χ2v) is 7.84. The summed E-state index contributed by atoms with van der Waals surface area (Å²) in [5.41, 5.74) is 2.55. The molecular weight excluding hydrogens is 454 g/mol. The summed E-state index contributed by atoms with van der Waals surface area (Å²) in [6.07, 6.45) is 0. The lowest BCUT2D eigenvalue weighted by molar-refractivity contribution is -0.114. The monoisotopic (exact) mass is 481 g/mol. The Balaban J connectivity index is 1.22. The predicted octanol–water partition coefficient (Wildman–Crippen LogP) is 5.45. The number of hydrogen-bond donors (Lipinski definition) is 3. The van der Waals surface area contributed by atoms with Crippen LogP contribution in [-0.2, 0) is 4.79 Å². The first-order chi connectivity index (χ1) is 17.7. The summed E-state index contributed by atoms with van der Waals surface area (Å²) in [6, 6.07) is 32.9. The van der Waals surface area contributed by atoms with Gasteiger partial charge in [-0.3, -0.25) is 9.59 Å². The topological polar surface area (TPSA) is 88.7 Å². The number of hydrogen-bond acceptors (Lipinski definition) is 5. The number of carbonyl (C=O) groups is 2. The van der Waals surface area contributed by atoms with Crippen molar-refractivity contribution in [2.75, 3.05) is 35.7 Å². The minimum atomic E-state index is -0.210. The van der Waals surface area contributed by atoms with E-state index in [1.54, 1.807) is 36.4 Å². The second-order valence-electron chi connectivity index (χ2n) is 7.84. The van der Waals surface area contributed by atoms with Crippen LogP contribution in [0.2, 0.25) is 0 Å². The van der Waals surface area contributed by atoms with Crippen LogP contribution in [0.3, 0.4) is 0 Å². The number of benzene rings is 4. The van der Waals surface area contributed by atoms with Crippen LogP contribution in [0.15, 0.2) is 109 Å². The van der Waals surface area contributed by atoms with E-state index < -0.39 is 0 Å². The Bertz CT molecular complexity index is 1280. The largest absolute Gasteiger partial charge is 0.490 e. The van der Waals surface area contributed by atoms with Crippen molar-refractivity contribution < 1.29 is 19.1 Å². The lowest BCUT2D eigenvalue weighted by Crippen LogP contribution is -2.21. The zero-order chi connectivity index (χ0) is 25.0. The number of amides is 2. The molecule has 7 nitrogen and oxygen atoms in total.